The first-order chi connectivity index (χ1) is 6.91. The van der Waals surface area contributed by atoms with E-state index in [1.54, 1.807) is 13.0 Å². The van der Waals surface area contributed by atoms with Gasteiger partial charge in [0.15, 0.2) is 6.10 Å². The van der Waals surface area contributed by atoms with E-state index in [1.807, 2.05) is 19.9 Å². The van der Waals surface area contributed by atoms with Crippen molar-refractivity contribution in [1.29, 1.82) is 0 Å². The van der Waals surface area contributed by atoms with E-state index in [0.717, 1.165) is 11.1 Å². The molecule has 0 aliphatic heterocycles. The number of nitrogen functional groups attached to an aromatic ring is 1. The van der Waals surface area contributed by atoms with E-state index in [9.17, 15) is 4.79 Å². The number of hydrogen-bond acceptors (Lipinski definition) is 3. The van der Waals surface area contributed by atoms with Gasteiger partial charge < -0.3 is 16.2 Å². The molecule has 4 N–H and O–H groups in total. The van der Waals surface area contributed by atoms with Gasteiger partial charge in [0.1, 0.15) is 5.75 Å². The smallest absolute Gasteiger partial charge is 0.258 e. The van der Waals surface area contributed by atoms with E-state index < -0.39 is 12.0 Å². The number of primary amides is 1. The second-order valence-electron chi connectivity index (χ2n) is 3.64. The number of carbonyl (C=O) groups is 1. The maximum Gasteiger partial charge on any atom is 0.258 e. The topological polar surface area (TPSA) is 78.3 Å². The number of ether oxygens (including phenoxy) is 1. The average Bonchev–Trinajstić information content (AvgIpc) is 2.13. The molecule has 0 bridgehead atoms. The van der Waals surface area contributed by atoms with Gasteiger partial charge in [0.2, 0.25) is 0 Å². The van der Waals surface area contributed by atoms with Gasteiger partial charge in [-0.1, -0.05) is 6.07 Å². The van der Waals surface area contributed by atoms with Crippen LogP contribution in [0, 0.1) is 13.8 Å². The highest BCUT2D eigenvalue weighted by atomic mass is 16.5. The number of nitrogens with two attached hydrogens (primary N) is 2. The van der Waals surface area contributed by atoms with Crippen molar-refractivity contribution >= 4 is 11.6 Å². The third-order valence-corrected chi connectivity index (χ3v) is 2.27. The molecule has 0 fully saturated rings. The molecule has 0 saturated heterocycles. The molecule has 15 heavy (non-hydrogen) atoms. The van der Waals surface area contributed by atoms with Crippen molar-refractivity contribution in [1.82, 2.24) is 0 Å². The fraction of sp³-hybridized carbons (Fsp3) is 0.364. The van der Waals surface area contributed by atoms with Gasteiger partial charge in [0, 0.05) is 11.8 Å². The summed E-state index contributed by atoms with van der Waals surface area (Å²) in [7, 11) is 0. The predicted molar refractivity (Wildman–Crippen MR) is 59.6 cm³/mol. The molecule has 82 valence electrons. The Morgan fingerprint density at radius 3 is 2.47 bits per heavy atom. The minimum absolute atomic E-state index is 0.492. The molecule has 0 radical (unpaired) electrons. The van der Waals surface area contributed by atoms with Crippen LogP contribution in [0.2, 0.25) is 0 Å². The van der Waals surface area contributed by atoms with Gasteiger partial charge in [-0.3, -0.25) is 4.79 Å². The van der Waals surface area contributed by atoms with E-state index >= 15 is 0 Å². The highest BCUT2D eigenvalue weighted by molar-refractivity contribution is 5.78. The highest BCUT2D eigenvalue weighted by Crippen LogP contribution is 2.25. The Morgan fingerprint density at radius 2 is 1.93 bits per heavy atom. The summed E-state index contributed by atoms with van der Waals surface area (Å²) < 4.78 is 5.39. The molecule has 4 heteroatoms. The van der Waals surface area contributed by atoms with Crippen LogP contribution < -0.4 is 16.2 Å². The summed E-state index contributed by atoms with van der Waals surface area (Å²) >= 11 is 0. The van der Waals surface area contributed by atoms with Crippen molar-refractivity contribution in [2.45, 2.75) is 26.9 Å². The molecule has 1 aromatic rings. The first-order valence-electron chi connectivity index (χ1n) is 4.74. The Kier molecular flexibility index (Phi) is 3.19. The zero-order valence-electron chi connectivity index (χ0n) is 9.20. The molecule has 1 rings (SSSR count). The standard InChI is InChI=1S/C11H16N2O2/c1-6-4-7(2)10(5-9(6)12)15-8(3)11(13)14/h4-5,8H,12H2,1-3H3,(H2,13,14). The van der Waals surface area contributed by atoms with Crippen LogP contribution in [-0.4, -0.2) is 12.0 Å². The molecule has 4 nitrogen and oxygen atoms in total. The molecule has 1 aromatic carbocycles. The van der Waals surface area contributed by atoms with Gasteiger partial charge in [-0.25, -0.2) is 0 Å². The van der Waals surface area contributed by atoms with Crippen LogP contribution in [0.1, 0.15) is 18.1 Å². The Hall–Kier alpha value is -1.71. The Balaban J connectivity index is 2.95. The van der Waals surface area contributed by atoms with Gasteiger partial charge in [0.25, 0.3) is 5.91 Å². The quantitative estimate of drug-likeness (QED) is 0.731. The number of carbonyl (C=O) groups excluding carboxylic acids is 1. The minimum atomic E-state index is -0.647. The van der Waals surface area contributed by atoms with Crippen molar-refractivity contribution in [3.63, 3.8) is 0 Å². The first kappa shape index (κ1) is 11.4. The van der Waals surface area contributed by atoms with Gasteiger partial charge in [-0.15, -0.1) is 0 Å². The lowest BCUT2D eigenvalue weighted by molar-refractivity contribution is -0.123. The zero-order chi connectivity index (χ0) is 11.6. The highest BCUT2D eigenvalue weighted by Gasteiger charge is 2.12. The maximum atomic E-state index is 10.8. The molecule has 1 atom stereocenters. The molecular weight excluding hydrogens is 192 g/mol. The normalized spacial score (nSPS) is 12.2. The molecule has 0 aliphatic rings. The second kappa shape index (κ2) is 4.21. The zero-order valence-corrected chi connectivity index (χ0v) is 9.20. The Morgan fingerprint density at radius 1 is 1.33 bits per heavy atom. The summed E-state index contributed by atoms with van der Waals surface area (Å²) in [5, 5.41) is 0. The lowest BCUT2D eigenvalue weighted by Crippen LogP contribution is -2.30. The molecule has 0 heterocycles. The number of anilines is 1. The van der Waals surface area contributed by atoms with Crippen molar-refractivity contribution in [2.75, 3.05) is 5.73 Å². The van der Waals surface area contributed by atoms with Crippen LogP contribution in [0.5, 0.6) is 5.75 Å². The van der Waals surface area contributed by atoms with Crippen LogP contribution in [-0.2, 0) is 4.79 Å². The fourth-order valence-corrected chi connectivity index (χ4v) is 1.22. The van der Waals surface area contributed by atoms with E-state index in [4.69, 9.17) is 16.2 Å². The van der Waals surface area contributed by atoms with Crippen molar-refractivity contribution < 1.29 is 9.53 Å². The lowest BCUT2D eigenvalue weighted by atomic mass is 10.1. The van der Waals surface area contributed by atoms with E-state index in [1.165, 1.54) is 0 Å². The summed E-state index contributed by atoms with van der Waals surface area (Å²) in [6, 6.07) is 3.63. The summed E-state index contributed by atoms with van der Waals surface area (Å²) in [6.45, 7) is 5.43. The maximum absolute atomic E-state index is 10.8. The lowest BCUT2D eigenvalue weighted by Gasteiger charge is -2.14. The van der Waals surface area contributed by atoms with Gasteiger partial charge in [0.05, 0.1) is 0 Å². The van der Waals surface area contributed by atoms with Gasteiger partial charge in [-0.05, 0) is 31.9 Å². The van der Waals surface area contributed by atoms with Crippen molar-refractivity contribution in [3.8, 4) is 5.75 Å². The van der Waals surface area contributed by atoms with Crippen LogP contribution in [0.3, 0.4) is 0 Å². The Bertz CT molecular complexity index is 388. The van der Waals surface area contributed by atoms with Gasteiger partial charge >= 0.3 is 0 Å². The molecule has 0 saturated carbocycles. The number of hydrogen-bond donors (Lipinski definition) is 2. The van der Waals surface area contributed by atoms with E-state index in [2.05, 4.69) is 0 Å². The molecule has 0 aromatic heterocycles. The fourth-order valence-electron chi connectivity index (χ4n) is 1.22. The monoisotopic (exact) mass is 208 g/mol. The van der Waals surface area contributed by atoms with E-state index in [0.29, 0.717) is 11.4 Å². The summed E-state index contributed by atoms with van der Waals surface area (Å²) in [5.41, 5.74) is 13.4. The van der Waals surface area contributed by atoms with Crippen molar-refractivity contribution in [2.24, 2.45) is 5.73 Å². The number of aryl methyl sites for hydroxylation is 2. The summed E-state index contributed by atoms with van der Waals surface area (Å²) in [4.78, 5) is 10.8. The minimum Gasteiger partial charge on any atom is -0.481 e. The summed E-state index contributed by atoms with van der Waals surface area (Å²) in [6.07, 6.45) is -0.647. The van der Waals surface area contributed by atoms with Crippen LogP contribution in [0.4, 0.5) is 5.69 Å². The Labute approximate surface area is 89.2 Å². The summed E-state index contributed by atoms with van der Waals surface area (Å²) in [5.74, 6) is 0.109. The second-order valence-corrected chi connectivity index (χ2v) is 3.64. The molecular formula is C11H16N2O2. The van der Waals surface area contributed by atoms with Crippen LogP contribution in [0.15, 0.2) is 12.1 Å². The average molecular weight is 208 g/mol. The predicted octanol–water partition coefficient (Wildman–Crippen LogP) is 1.14. The third-order valence-electron chi connectivity index (χ3n) is 2.27. The number of amides is 1. The molecule has 0 aliphatic carbocycles. The van der Waals surface area contributed by atoms with Crippen LogP contribution in [0.25, 0.3) is 0 Å². The number of benzene rings is 1. The SMILES string of the molecule is Cc1cc(C)c(OC(C)C(N)=O)cc1N. The van der Waals surface area contributed by atoms with Crippen molar-refractivity contribution in [3.05, 3.63) is 23.3 Å². The number of rotatable bonds is 3. The van der Waals surface area contributed by atoms with Crippen LogP contribution >= 0.6 is 0 Å². The first-order valence-corrected chi connectivity index (χ1v) is 4.74. The largest absolute Gasteiger partial charge is 0.481 e. The van der Waals surface area contributed by atoms with Gasteiger partial charge in [-0.2, -0.15) is 0 Å². The molecule has 1 unspecified atom stereocenters. The molecule has 1 amide bonds. The van der Waals surface area contributed by atoms with E-state index in [-0.39, 0.29) is 0 Å². The molecule has 0 spiro atoms. The third kappa shape index (κ3) is 2.62.